The van der Waals surface area contributed by atoms with Crippen molar-refractivity contribution in [3.63, 3.8) is 0 Å². The molecule has 0 aliphatic carbocycles. The Kier molecular flexibility index (Phi) is 4.02. The van der Waals surface area contributed by atoms with Crippen LogP contribution in [0.4, 0.5) is 0 Å². The van der Waals surface area contributed by atoms with Gasteiger partial charge in [-0.2, -0.15) is 0 Å². The number of nitrogens with zero attached hydrogens (tertiary/aromatic N) is 2. The summed E-state index contributed by atoms with van der Waals surface area (Å²) in [5.41, 5.74) is 1.06. The molecule has 2 heterocycles. The molecule has 20 heavy (non-hydrogen) atoms. The first-order valence-corrected chi connectivity index (χ1v) is 7.27. The number of para-hydroxylation sites is 1. The molecule has 1 aliphatic rings. The third-order valence-electron chi connectivity index (χ3n) is 3.85. The van der Waals surface area contributed by atoms with Gasteiger partial charge in [-0.25, -0.2) is 0 Å². The van der Waals surface area contributed by atoms with Crippen LogP contribution in [0.2, 0.25) is 0 Å². The van der Waals surface area contributed by atoms with Gasteiger partial charge in [0.1, 0.15) is 6.54 Å². The number of hydrogen-bond acceptors (Lipinski definition) is 2. The maximum absolute atomic E-state index is 12.0. The third kappa shape index (κ3) is 3.02. The van der Waals surface area contributed by atoms with Crippen LogP contribution in [0.1, 0.15) is 12.8 Å². The Balaban J connectivity index is 1.50. The molecule has 0 atom stereocenters. The highest BCUT2D eigenvalue weighted by Gasteiger charge is 2.11. The number of benzene rings is 1. The molecule has 3 rings (SSSR count). The fraction of sp³-hybridized carbons (Fsp3) is 0.438. The smallest absolute Gasteiger partial charge is 0.239 e. The maximum Gasteiger partial charge on any atom is 0.239 e. The zero-order valence-electron chi connectivity index (χ0n) is 11.6. The van der Waals surface area contributed by atoms with Crippen molar-refractivity contribution in [2.75, 3.05) is 26.2 Å². The zero-order valence-corrected chi connectivity index (χ0v) is 11.6. The van der Waals surface area contributed by atoms with E-state index < -0.39 is 0 Å². The molecule has 2 aromatic rings. The lowest BCUT2D eigenvalue weighted by Gasteiger charge is -2.14. The molecule has 1 aromatic carbocycles. The SMILES string of the molecule is O=C(Cn1c[c]c2ccccc21)NCCN1CCCC1. The van der Waals surface area contributed by atoms with E-state index in [4.69, 9.17) is 0 Å². The summed E-state index contributed by atoms with van der Waals surface area (Å²) in [6.45, 7) is 4.41. The molecule has 1 saturated heterocycles. The first kappa shape index (κ1) is 13.2. The van der Waals surface area contributed by atoms with Gasteiger partial charge in [-0.3, -0.25) is 4.79 Å². The summed E-state index contributed by atoms with van der Waals surface area (Å²) < 4.78 is 1.94. The topological polar surface area (TPSA) is 37.3 Å². The van der Waals surface area contributed by atoms with Crippen LogP contribution in [-0.4, -0.2) is 41.6 Å². The number of hydrogen-bond donors (Lipinski definition) is 1. The average molecular weight is 270 g/mol. The van der Waals surface area contributed by atoms with E-state index in [-0.39, 0.29) is 5.91 Å². The van der Waals surface area contributed by atoms with Crippen molar-refractivity contribution in [1.29, 1.82) is 0 Å². The third-order valence-corrected chi connectivity index (χ3v) is 3.85. The molecule has 1 fully saturated rings. The van der Waals surface area contributed by atoms with Crippen LogP contribution in [0.5, 0.6) is 0 Å². The lowest BCUT2D eigenvalue weighted by molar-refractivity contribution is -0.121. The average Bonchev–Trinajstić information content (AvgIpc) is 3.09. The van der Waals surface area contributed by atoms with Crippen molar-refractivity contribution >= 4 is 16.8 Å². The number of amides is 1. The number of fused-ring (bicyclic) bond motifs is 1. The van der Waals surface area contributed by atoms with Gasteiger partial charge < -0.3 is 14.8 Å². The lowest BCUT2D eigenvalue weighted by atomic mass is 10.2. The van der Waals surface area contributed by atoms with Gasteiger partial charge in [-0.15, -0.1) is 0 Å². The number of nitrogens with one attached hydrogen (secondary N) is 1. The zero-order chi connectivity index (χ0) is 13.8. The van der Waals surface area contributed by atoms with E-state index in [1.807, 2.05) is 35.0 Å². The molecule has 0 unspecified atom stereocenters. The summed E-state index contributed by atoms with van der Waals surface area (Å²) in [4.78, 5) is 14.4. The summed E-state index contributed by atoms with van der Waals surface area (Å²) in [5.74, 6) is 0.0685. The van der Waals surface area contributed by atoms with Crippen molar-refractivity contribution < 1.29 is 4.79 Å². The Morgan fingerprint density at radius 1 is 1.25 bits per heavy atom. The number of carbonyl (C=O) groups is 1. The van der Waals surface area contributed by atoms with Gasteiger partial charge in [0.2, 0.25) is 5.91 Å². The van der Waals surface area contributed by atoms with Gasteiger partial charge in [0.15, 0.2) is 0 Å². The van der Waals surface area contributed by atoms with Crippen LogP contribution in [-0.2, 0) is 11.3 Å². The van der Waals surface area contributed by atoms with Gasteiger partial charge in [-0.05, 0) is 32.0 Å². The van der Waals surface area contributed by atoms with E-state index in [0.29, 0.717) is 6.54 Å². The summed E-state index contributed by atoms with van der Waals surface area (Å²) in [6, 6.07) is 11.2. The van der Waals surface area contributed by atoms with Crippen molar-refractivity contribution in [3.05, 3.63) is 36.5 Å². The number of carbonyl (C=O) groups excluding carboxylic acids is 1. The quantitative estimate of drug-likeness (QED) is 0.897. The van der Waals surface area contributed by atoms with E-state index in [0.717, 1.165) is 24.0 Å². The summed E-state index contributed by atoms with van der Waals surface area (Å²) in [7, 11) is 0. The number of rotatable bonds is 5. The van der Waals surface area contributed by atoms with Crippen LogP contribution in [0.15, 0.2) is 30.5 Å². The summed E-state index contributed by atoms with van der Waals surface area (Å²) >= 11 is 0. The second-order valence-corrected chi connectivity index (χ2v) is 5.32. The Labute approximate surface area is 119 Å². The largest absolute Gasteiger partial charge is 0.353 e. The molecule has 4 heteroatoms. The highest BCUT2D eigenvalue weighted by Crippen LogP contribution is 2.13. The van der Waals surface area contributed by atoms with Gasteiger partial charge in [-0.1, -0.05) is 18.2 Å². The molecule has 0 saturated carbocycles. The molecular formula is C16H20N3O. The first-order chi connectivity index (χ1) is 9.83. The van der Waals surface area contributed by atoms with Crippen molar-refractivity contribution in [3.8, 4) is 0 Å². The predicted molar refractivity (Wildman–Crippen MR) is 79.5 cm³/mol. The molecule has 1 aromatic heterocycles. The Bertz CT molecular complexity index is 584. The molecule has 105 valence electrons. The highest BCUT2D eigenvalue weighted by molar-refractivity contribution is 5.82. The number of likely N-dealkylation sites (tertiary alicyclic amines) is 1. The number of aromatic nitrogens is 1. The molecule has 1 radical (unpaired) electrons. The minimum atomic E-state index is 0.0685. The van der Waals surface area contributed by atoms with Crippen molar-refractivity contribution in [2.24, 2.45) is 0 Å². The highest BCUT2D eigenvalue weighted by atomic mass is 16.1. The second kappa shape index (κ2) is 6.09. The second-order valence-electron chi connectivity index (χ2n) is 5.32. The molecule has 1 amide bonds. The fourth-order valence-electron chi connectivity index (χ4n) is 2.76. The predicted octanol–water partition coefficient (Wildman–Crippen LogP) is 1.65. The van der Waals surface area contributed by atoms with E-state index in [1.54, 1.807) is 0 Å². The standard InChI is InChI=1S/C16H20N3O/c20-16(17-8-12-18-9-3-4-10-18)13-19-11-7-14-5-1-2-6-15(14)19/h1-2,5-6,11H,3-4,8-10,12-13H2,(H,17,20). The van der Waals surface area contributed by atoms with Crippen LogP contribution in [0.25, 0.3) is 10.9 Å². The Morgan fingerprint density at radius 2 is 2.05 bits per heavy atom. The van der Waals surface area contributed by atoms with E-state index in [1.165, 1.54) is 25.9 Å². The Hall–Kier alpha value is -1.81. The van der Waals surface area contributed by atoms with Crippen LogP contribution in [0, 0.1) is 6.07 Å². The molecule has 0 bridgehead atoms. The fourth-order valence-corrected chi connectivity index (χ4v) is 2.76. The molecular weight excluding hydrogens is 250 g/mol. The normalized spacial score (nSPS) is 15.8. The first-order valence-electron chi connectivity index (χ1n) is 7.27. The van der Waals surface area contributed by atoms with Crippen LogP contribution < -0.4 is 5.32 Å². The lowest BCUT2D eigenvalue weighted by Crippen LogP contribution is -2.35. The summed E-state index contributed by atoms with van der Waals surface area (Å²) in [6.07, 6.45) is 4.43. The van der Waals surface area contributed by atoms with Gasteiger partial charge in [0.05, 0.1) is 0 Å². The molecule has 4 nitrogen and oxygen atoms in total. The van der Waals surface area contributed by atoms with Gasteiger partial charge in [0, 0.05) is 36.3 Å². The maximum atomic E-state index is 12.0. The monoisotopic (exact) mass is 270 g/mol. The minimum Gasteiger partial charge on any atom is -0.353 e. The molecule has 1 N–H and O–H groups in total. The van der Waals surface area contributed by atoms with Gasteiger partial charge in [0.25, 0.3) is 0 Å². The summed E-state index contributed by atoms with van der Waals surface area (Å²) in [5, 5.41) is 4.05. The van der Waals surface area contributed by atoms with E-state index in [9.17, 15) is 4.79 Å². The van der Waals surface area contributed by atoms with Crippen LogP contribution >= 0.6 is 0 Å². The van der Waals surface area contributed by atoms with E-state index in [2.05, 4.69) is 16.3 Å². The van der Waals surface area contributed by atoms with E-state index >= 15 is 0 Å². The van der Waals surface area contributed by atoms with Gasteiger partial charge >= 0.3 is 0 Å². The Morgan fingerprint density at radius 3 is 2.90 bits per heavy atom. The molecule has 0 spiro atoms. The van der Waals surface area contributed by atoms with Crippen molar-refractivity contribution in [1.82, 2.24) is 14.8 Å². The van der Waals surface area contributed by atoms with Crippen molar-refractivity contribution in [2.45, 2.75) is 19.4 Å². The minimum absolute atomic E-state index is 0.0685. The molecule has 1 aliphatic heterocycles. The van der Waals surface area contributed by atoms with Crippen LogP contribution in [0.3, 0.4) is 0 Å².